The number of hydrogen-bond donors (Lipinski definition) is 0. The first-order valence-corrected chi connectivity index (χ1v) is 12.6. The highest BCUT2D eigenvalue weighted by atomic mass is 32.2. The van der Waals surface area contributed by atoms with E-state index in [4.69, 9.17) is 4.74 Å². The lowest BCUT2D eigenvalue weighted by atomic mass is 10.2. The zero-order valence-electron chi connectivity index (χ0n) is 19.8. The molecule has 9 heteroatoms. The number of halogens is 1. The number of carbonyl (C=O) groups excluding carboxylic acids is 1. The van der Waals surface area contributed by atoms with E-state index in [0.717, 1.165) is 23.2 Å². The minimum Gasteiger partial charge on any atom is -0.495 e. The van der Waals surface area contributed by atoms with Crippen LogP contribution in [0, 0.1) is 5.82 Å². The van der Waals surface area contributed by atoms with Crippen LogP contribution in [0.3, 0.4) is 0 Å². The van der Waals surface area contributed by atoms with Crippen molar-refractivity contribution in [3.63, 3.8) is 0 Å². The lowest BCUT2D eigenvalue weighted by molar-refractivity contribution is -0.128. The molecule has 7 nitrogen and oxygen atoms in total. The third kappa shape index (κ3) is 4.66. The number of ether oxygens (including phenoxy) is 1. The van der Waals surface area contributed by atoms with E-state index in [9.17, 15) is 14.0 Å². The Morgan fingerprint density at radius 1 is 0.944 bits per heavy atom. The number of thioether (sulfide) groups is 1. The standard InChI is InChI=1S/C27H25FN4O3S/c1-35-24-13-7-6-12-23(24)30-14-16-31(17-15-30)25(33)18-36-27-29-21-10-4-2-8-19(21)26(34)32(27)22-11-5-3-9-20(22)28/h2-13H,14-18H2,1H3. The second-order valence-corrected chi connectivity index (χ2v) is 9.27. The van der Waals surface area contributed by atoms with Crippen LogP contribution in [0.2, 0.25) is 0 Å². The molecular formula is C27H25FN4O3S. The molecular weight excluding hydrogens is 479 g/mol. The van der Waals surface area contributed by atoms with Gasteiger partial charge in [0, 0.05) is 26.2 Å². The van der Waals surface area contributed by atoms with Crippen molar-refractivity contribution >= 4 is 34.3 Å². The molecule has 1 fully saturated rings. The molecule has 4 aromatic rings. The normalized spacial score (nSPS) is 13.7. The molecule has 0 unspecified atom stereocenters. The molecule has 36 heavy (non-hydrogen) atoms. The Kier molecular flexibility index (Phi) is 6.90. The molecule has 0 bridgehead atoms. The molecule has 0 aliphatic carbocycles. The van der Waals surface area contributed by atoms with Gasteiger partial charge in [-0.25, -0.2) is 9.37 Å². The Balaban J connectivity index is 1.34. The SMILES string of the molecule is COc1ccccc1N1CCN(C(=O)CSc2nc3ccccc3c(=O)n2-c2ccccc2F)CC1. The highest BCUT2D eigenvalue weighted by Gasteiger charge is 2.24. The lowest BCUT2D eigenvalue weighted by Crippen LogP contribution is -2.49. The maximum atomic E-state index is 14.7. The van der Waals surface area contributed by atoms with Crippen LogP contribution in [0.15, 0.2) is 82.7 Å². The average Bonchev–Trinajstić information content (AvgIpc) is 2.92. The van der Waals surface area contributed by atoms with Crippen LogP contribution < -0.4 is 15.2 Å². The minimum atomic E-state index is -0.530. The van der Waals surface area contributed by atoms with E-state index in [2.05, 4.69) is 9.88 Å². The van der Waals surface area contributed by atoms with Gasteiger partial charge in [0.15, 0.2) is 5.16 Å². The van der Waals surface area contributed by atoms with Crippen LogP contribution in [-0.2, 0) is 4.79 Å². The van der Waals surface area contributed by atoms with Crippen LogP contribution in [-0.4, -0.2) is 59.4 Å². The van der Waals surface area contributed by atoms with E-state index >= 15 is 0 Å². The Bertz CT molecular complexity index is 1470. The number of amides is 1. The summed E-state index contributed by atoms with van der Waals surface area (Å²) in [4.78, 5) is 35.0. The molecule has 0 radical (unpaired) electrons. The van der Waals surface area contributed by atoms with Crippen molar-refractivity contribution in [3.8, 4) is 11.4 Å². The first-order valence-electron chi connectivity index (χ1n) is 11.6. The molecule has 1 saturated heterocycles. The molecule has 5 rings (SSSR count). The van der Waals surface area contributed by atoms with E-state index in [-0.39, 0.29) is 28.1 Å². The van der Waals surface area contributed by atoms with Crippen molar-refractivity contribution in [1.29, 1.82) is 0 Å². The van der Waals surface area contributed by atoms with Gasteiger partial charge in [0.25, 0.3) is 5.56 Å². The summed E-state index contributed by atoms with van der Waals surface area (Å²) in [6, 6.07) is 20.9. The van der Waals surface area contributed by atoms with E-state index in [0.29, 0.717) is 37.1 Å². The Labute approximate surface area is 212 Å². The highest BCUT2D eigenvalue weighted by Crippen LogP contribution is 2.29. The molecule has 0 saturated carbocycles. The monoisotopic (exact) mass is 504 g/mol. The summed E-state index contributed by atoms with van der Waals surface area (Å²) in [5.74, 6) is 0.314. The van der Waals surface area contributed by atoms with Crippen LogP contribution in [0.4, 0.5) is 10.1 Å². The van der Waals surface area contributed by atoms with Gasteiger partial charge in [-0.15, -0.1) is 0 Å². The maximum absolute atomic E-state index is 14.7. The number of para-hydroxylation sites is 4. The first-order chi connectivity index (χ1) is 17.6. The molecule has 1 aliphatic rings. The van der Waals surface area contributed by atoms with Crippen LogP contribution >= 0.6 is 11.8 Å². The fraction of sp³-hybridized carbons (Fsp3) is 0.222. The third-order valence-electron chi connectivity index (χ3n) is 6.22. The maximum Gasteiger partial charge on any atom is 0.266 e. The zero-order valence-corrected chi connectivity index (χ0v) is 20.6. The van der Waals surface area contributed by atoms with Gasteiger partial charge < -0.3 is 14.5 Å². The van der Waals surface area contributed by atoms with Crippen molar-refractivity contribution in [2.75, 3.05) is 43.9 Å². The number of carbonyl (C=O) groups is 1. The highest BCUT2D eigenvalue weighted by molar-refractivity contribution is 7.99. The first kappa shape index (κ1) is 23.9. The number of aromatic nitrogens is 2. The molecule has 2 heterocycles. The zero-order chi connectivity index (χ0) is 25.1. The van der Waals surface area contributed by atoms with Gasteiger partial charge >= 0.3 is 0 Å². The van der Waals surface area contributed by atoms with Crippen molar-refractivity contribution < 1.29 is 13.9 Å². The van der Waals surface area contributed by atoms with Gasteiger partial charge in [-0.3, -0.25) is 14.2 Å². The van der Waals surface area contributed by atoms with Crippen molar-refractivity contribution in [3.05, 3.63) is 89.0 Å². The molecule has 0 N–H and O–H groups in total. The number of anilines is 1. The van der Waals surface area contributed by atoms with E-state index in [1.807, 2.05) is 29.2 Å². The Hall–Kier alpha value is -3.85. The van der Waals surface area contributed by atoms with Crippen molar-refractivity contribution in [1.82, 2.24) is 14.5 Å². The summed E-state index contributed by atoms with van der Waals surface area (Å²) in [6.07, 6.45) is 0. The Morgan fingerprint density at radius 2 is 1.61 bits per heavy atom. The van der Waals surface area contributed by atoms with Crippen LogP contribution in [0.25, 0.3) is 16.6 Å². The molecule has 0 spiro atoms. The van der Waals surface area contributed by atoms with Gasteiger partial charge in [-0.1, -0.05) is 48.2 Å². The number of fused-ring (bicyclic) bond motifs is 1. The number of benzene rings is 3. The van der Waals surface area contributed by atoms with Crippen LogP contribution in [0.1, 0.15) is 0 Å². The number of piperazine rings is 1. The molecule has 0 atom stereocenters. The smallest absolute Gasteiger partial charge is 0.266 e. The molecule has 1 aromatic heterocycles. The predicted octanol–water partition coefficient (Wildman–Crippen LogP) is 3.97. The number of methoxy groups -OCH3 is 1. The topological polar surface area (TPSA) is 67.7 Å². The summed E-state index contributed by atoms with van der Waals surface area (Å²) in [7, 11) is 1.65. The fourth-order valence-electron chi connectivity index (χ4n) is 4.36. The Morgan fingerprint density at radius 3 is 2.36 bits per heavy atom. The second-order valence-electron chi connectivity index (χ2n) is 8.33. The molecule has 184 valence electrons. The van der Waals surface area contributed by atoms with Gasteiger partial charge in [-0.2, -0.15) is 0 Å². The van der Waals surface area contributed by atoms with E-state index in [1.54, 1.807) is 43.5 Å². The molecule has 1 amide bonds. The summed E-state index contributed by atoms with van der Waals surface area (Å²) >= 11 is 1.14. The largest absolute Gasteiger partial charge is 0.495 e. The number of hydrogen-bond acceptors (Lipinski definition) is 6. The fourth-order valence-corrected chi connectivity index (χ4v) is 5.27. The summed E-state index contributed by atoms with van der Waals surface area (Å²) < 4.78 is 21.4. The summed E-state index contributed by atoms with van der Waals surface area (Å²) in [6.45, 7) is 2.52. The lowest BCUT2D eigenvalue weighted by Gasteiger charge is -2.36. The van der Waals surface area contributed by atoms with Crippen LogP contribution in [0.5, 0.6) is 5.75 Å². The minimum absolute atomic E-state index is 0.0535. The quantitative estimate of drug-likeness (QED) is 0.292. The van der Waals surface area contributed by atoms with Gasteiger partial charge in [0.1, 0.15) is 11.6 Å². The average molecular weight is 505 g/mol. The van der Waals surface area contributed by atoms with Gasteiger partial charge in [-0.05, 0) is 36.4 Å². The van der Waals surface area contributed by atoms with E-state index in [1.165, 1.54) is 16.7 Å². The second kappa shape index (κ2) is 10.4. The van der Waals surface area contributed by atoms with Gasteiger partial charge in [0.2, 0.25) is 5.91 Å². The molecule has 1 aliphatic heterocycles. The number of rotatable bonds is 6. The molecule has 3 aromatic carbocycles. The predicted molar refractivity (Wildman–Crippen MR) is 140 cm³/mol. The number of nitrogens with zero attached hydrogens (tertiary/aromatic N) is 4. The van der Waals surface area contributed by atoms with E-state index < -0.39 is 5.82 Å². The third-order valence-corrected chi connectivity index (χ3v) is 7.14. The summed E-state index contributed by atoms with van der Waals surface area (Å²) in [5, 5.41) is 0.675. The van der Waals surface area contributed by atoms with Crippen molar-refractivity contribution in [2.45, 2.75) is 5.16 Å². The van der Waals surface area contributed by atoms with Crippen molar-refractivity contribution in [2.24, 2.45) is 0 Å². The van der Waals surface area contributed by atoms with Gasteiger partial charge in [0.05, 0.1) is 35.1 Å². The summed E-state index contributed by atoms with van der Waals surface area (Å²) in [5.41, 5.74) is 1.26.